The van der Waals surface area contributed by atoms with Crippen LogP contribution in [0.25, 0.3) is 0 Å². The molecule has 2 aliphatic heterocycles. The van der Waals surface area contributed by atoms with E-state index in [-0.39, 0.29) is 11.1 Å². The molecule has 0 radical (unpaired) electrons. The molecule has 32 heavy (non-hydrogen) atoms. The van der Waals surface area contributed by atoms with Crippen LogP contribution >= 0.6 is 0 Å². The van der Waals surface area contributed by atoms with E-state index in [0.717, 1.165) is 0 Å². The lowest BCUT2D eigenvalue weighted by Crippen LogP contribution is -2.70. The van der Waals surface area contributed by atoms with Crippen LogP contribution in [-0.4, -0.2) is 49.4 Å². The van der Waals surface area contributed by atoms with Crippen LogP contribution in [0.5, 0.6) is 0 Å². The first kappa shape index (κ1) is 22.3. The van der Waals surface area contributed by atoms with Gasteiger partial charge in [-0.15, -0.1) is 0 Å². The fraction of sp³-hybridized carbons (Fsp3) is 0.538. The summed E-state index contributed by atoms with van der Waals surface area (Å²) in [4.78, 5) is 0. The summed E-state index contributed by atoms with van der Waals surface area (Å²) in [6, 6.07) is 21.3. The van der Waals surface area contributed by atoms with Gasteiger partial charge in [-0.25, -0.2) is 0 Å². The van der Waals surface area contributed by atoms with E-state index in [1.165, 1.54) is 10.4 Å². The summed E-state index contributed by atoms with van der Waals surface area (Å²) in [5.74, 6) is -0.730. The number of hydrogen-bond acceptors (Lipinski definition) is 5. The Labute approximate surface area is 191 Å². The third kappa shape index (κ3) is 3.40. The lowest BCUT2D eigenvalue weighted by atomic mass is 9.73. The molecule has 1 saturated carbocycles. The molecule has 3 aliphatic rings. The zero-order valence-electron chi connectivity index (χ0n) is 19.6. The summed E-state index contributed by atoms with van der Waals surface area (Å²) in [5, 5.41) is 13.5. The van der Waals surface area contributed by atoms with E-state index in [0.29, 0.717) is 12.8 Å². The summed E-state index contributed by atoms with van der Waals surface area (Å²) in [7, 11) is -2.62. The summed E-state index contributed by atoms with van der Waals surface area (Å²) >= 11 is 0. The first-order chi connectivity index (χ1) is 15.1. The molecule has 5 rings (SSSR count). The monoisotopic (exact) mass is 454 g/mol. The normalized spacial score (nSPS) is 33.8. The van der Waals surface area contributed by atoms with E-state index in [9.17, 15) is 5.11 Å². The van der Waals surface area contributed by atoms with Gasteiger partial charge in [0, 0.05) is 12.8 Å². The molecule has 3 atom stereocenters. The highest BCUT2D eigenvalue weighted by Crippen LogP contribution is 2.53. The van der Waals surface area contributed by atoms with Gasteiger partial charge in [-0.3, -0.25) is 0 Å². The van der Waals surface area contributed by atoms with Crippen molar-refractivity contribution in [1.29, 1.82) is 0 Å². The molecule has 0 amide bonds. The Balaban J connectivity index is 1.43. The van der Waals surface area contributed by atoms with Gasteiger partial charge in [0.25, 0.3) is 8.32 Å². The topological polar surface area (TPSA) is 57.2 Å². The quantitative estimate of drug-likeness (QED) is 0.718. The lowest BCUT2D eigenvalue weighted by Gasteiger charge is -2.52. The van der Waals surface area contributed by atoms with Crippen LogP contribution in [0, 0.1) is 0 Å². The molecule has 1 spiro atoms. The minimum atomic E-state index is -2.62. The predicted octanol–water partition coefficient (Wildman–Crippen LogP) is 3.33. The Morgan fingerprint density at radius 2 is 1.41 bits per heavy atom. The molecule has 6 heteroatoms. The second-order valence-corrected chi connectivity index (χ2v) is 15.2. The van der Waals surface area contributed by atoms with Crippen LogP contribution < -0.4 is 10.4 Å². The number of aliphatic hydroxyl groups excluding tert-OH is 1. The highest BCUT2D eigenvalue weighted by atomic mass is 28.4. The molecule has 1 aliphatic carbocycles. The molecule has 2 heterocycles. The standard InChI is InChI=1S/C26H34O5Si/c1-24(2,3)32(19-12-8-6-9-13-19,20-14-10-7-11-15-20)31-18-16-26(17-18)22(27)21-23(30-26)29-25(4,5)28-21/h6-15,18,21-23,27H,16-17H2,1-5H3/t18?,21-,22+,23+,26?/m1/s1. The van der Waals surface area contributed by atoms with Gasteiger partial charge in [0.05, 0.1) is 6.10 Å². The van der Waals surface area contributed by atoms with E-state index < -0.39 is 38.2 Å². The third-order valence-electron chi connectivity index (χ3n) is 7.20. The highest BCUT2D eigenvalue weighted by Gasteiger charge is 2.67. The van der Waals surface area contributed by atoms with Crippen molar-refractivity contribution in [2.75, 3.05) is 0 Å². The summed E-state index contributed by atoms with van der Waals surface area (Å²) in [6.45, 7) is 10.5. The van der Waals surface area contributed by atoms with Crippen molar-refractivity contribution in [1.82, 2.24) is 0 Å². The minimum absolute atomic E-state index is 0.00258. The molecular formula is C26H34O5Si. The van der Waals surface area contributed by atoms with Crippen molar-refractivity contribution < 1.29 is 23.7 Å². The second kappa shape index (κ2) is 7.48. The smallest absolute Gasteiger partial charge is 0.261 e. The molecule has 3 fully saturated rings. The van der Waals surface area contributed by atoms with E-state index in [2.05, 4.69) is 81.4 Å². The van der Waals surface area contributed by atoms with E-state index in [1.807, 2.05) is 13.8 Å². The summed E-state index contributed by atoms with van der Waals surface area (Å²) < 4.78 is 25.2. The van der Waals surface area contributed by atoms with E-state index >= 15 is 0 Å². The molecule has 2 aromatic carbocycles. The molecule has 0 bridgehead atoms. The third-order valence-corrected chi connectivity index (χ3v) is 12.3. The Morgan fingerprint density at radius 3 is 1.88 bits per heavy atom. The highest BCUT2D eigenvalue weighted by molar-refractivity contribution is 6.99. The molecule has 0 unspecified atom stereocenters. The maximum Gasteiger partial charge on any atom is 0.261 e. The molecule has 5 nitrogen and oxygen atoms in total. The number of fused-ring (bicyclic) bond motifs is 1. The summed E-state index contributed by atoms with van der Waals surface area (Å²) in [6.07, 6.45) is -0.402. The molecule has 172 valence electrons. The number of aliphatic hydroxyl groups is 1. The fourth-order valence-corrected chi connectivity index (χ4v) is 10.4. The lowest BCUT2D eigenvalue weighted by molar-refractivity contribution is -0.267. The Bertz CT molecular complexity index is 910. The van der Waals surface area contributed by atoms with Gasteiger partial charge in [-0.05, 0) is 29.3 Å². The van der Waals surface area contributed by atoms with Crippen LogP contribution in [0.2, 0.25) is 5.04 Å². The molecular weight excluding hydrogens is 420 g/mol. The largest absolute Gasteiger partial charge is 0.404 e. The zero-order chi connectivity index (χ0) is 22.8. The Hall–Kier alpha value is -1.54. The first-order valence-corrected chi connectivity index (χ1v) is 13.5. The van der Waals surface area contributed by atoms with Gasteiger partial charge in [-0.2, -0.15) is 0 Å². The fourth-order valence-electron chi connectivity index (χ4n) is 5.74. The van der Waals surface area contributed by atoms with Crippen molar-refractivity contribution >= 4 is 18.7 Å². The maximum absolute atomic E-state index is 11.0. The van der Waals surface area contributed by atoms with E-state index in [1.54, 1.807) is 0 Å². The number of hydrogen-bond donors (Lipinski definition) is 1. The van der Waals surface area contributed by atoms with Crippen LogP contribution in [-0.2, 0) is 18.6 Å². The molecule has 2 saturated heterocycles. The predicted molar refractivity (Wildman–Crippen MR) is 125 cm³/mol. The number of rotatable bonds is 4. The van der Waals surface area contributed by atoms with E-state index in [4.69, 9.17) is 18.6 Å². The number of benzene rings is 2. The maximum atomic E-state index is 11.0. The van der Waals surface area contributed by atoms with Crippen LogP contribution in [0.15, 0.2) is 60.7 Å². The van der Waals surface area contributed by atoms with Crippen LogP contribution in [0.1, 0.15) is 47.5 Å². The van der Waals surface area contributed by atoms with Gasteiger partial charge in [-0.1, -0.05) is 81.4 Å². The van der Waals surface area contributed by atoms with Gasteiger partial charge in [0.1, 0.15) is 17.8 Å². The van der Waals surface area contributed by atoms with Crippen molar-refractivity contribution in [3.8, 4) is 0 Å². The van der Waals surface area contributed by atoms with Crippen molar-refractivity contribution in [2.45, 2.75) is 88.5 Å². The average molecular weight is 455 g/mol. The average Bonchev–Trinajstić information content (AvgIpc) is 3.15. The molecule has 2 aromatic rings. The second-order valence-electron chi connectivity index (χ2n) is 10.9. The Kier molecular flexibility index (Phi) is 5.21. The number of ether oxygens (including phenoxy) is 3. The Morgan fingerprint density at radius 1 is 0.875 bits per heavy atom. The van der Waals surface area contributed by atoms with Gasteiger partial charge >= 0.3 is 0 Å². The van der Waals surface area contributed by atoms with Gasteiger partial charge < -0.3 is 23.7 Å². The van der Waals surface area contributed by atoms with Gasteiger partial charge in [0.2, 0.25) is 0 Å². The van der Waals surface area contributed by atoms with Crippen molar-refractivity contribution in [3.05, 3.63) is 60.7 Å². The van der Waals surface area contributed by atoms with Gasteiger partial charge in [0.15, 0.2) is 12.1 Å². The summed E-state index contributed by atoms with van der Waals surface area (Å²) in [5.41, 5.74) is -0.651. The molecule has 1 N–H and O–H groups in total. The van der Waals surface area contributed by atoms with Crippen molar-refractivity contribution in [3.63, 3.8) is 0 Å². The van der Waals surface area contributed by atoms with Crippen LogP contribution in [0.3, 0.4) is 0 Å². The molecule has 0 aromatic heterocycles. The first-order valence-electron chi connectivity index (χ1n) is 11.6. The van der Waals surface area contributed by atoms with Crippen molar-refractivity contribution in [2.24, 2.45) is 0 Å². The zero-order valence-corrected chi connectivity index (χ0v) is 20.6. The SMILES string of the molecule is CC1(C)O[C@H]2OC3(CC(O[Si](c4ccccc4)(c4ccccc4)C(C)(C)C)C3)[C@@H](O)[C@H]2O1. The minimum Gasteiger partial charge on any atom is -0.404 e. The van der Waals surface area contributed by atoms with Crippen LogP contribution in [0.4, 0.5) is 0 Å².